The minimum atomic E-state index is -5.08. The number of benzene rings is 3. The van der Waals surface area contributed by atoms with Crippen LogP contribution in [0.25, 0.3) is 11.1 Å². The summed E-state index contributed by atoms with van der Waals surface area (Å²) in [4.78, 5) is 29.7. The molecule has 0 spiro atoms. The molecule has 224 valence electrons. The monoisotopic (exact) mass is 599 g/mol. The van der Waals surface area contributed by atoms with Gasteiger partial charge in [-0.15, -0.1) is 0 Å². The zero-order valence-corrected chi connectivity index (χ0v) is 21.2. The number of carbonyl (C=O) groups is 3. The quantitative estimate of drug-likeness (QED) is 0.123. The summed E-state index contributed by atoms with van der Waals surface area (Å²) in [7, 11) is 0. The van der Waals surface area contributed by atoms with E-state index >= 15 is 0 Å². The van der Waals surface area contributed by atoms with E-state index in [1.807, 2.05) is 54.6 Å². The summed E-state index contributed by atoms with van der Waals surface area (Å²) < 4.78 is 63.5. The van der Waals surface area contributed by atoms with Crippen LogP contribution in [-0.4, -0.2) is 52.8 Å². The standard InChI is InChI=1S/C22H21N5O.2C2HF3O2/c23-22(28)20-7-3-5-18(14-27-25)21(20)12-17-4-1-2-6-19(17)16-10-8-15(9-11-16)13-26-24;2*3-2(4,5)1(6)7/h1-11,13-14H,12,24-25H2,(H2,23,28);2*(H,6,7). The molecule has 10 nitrogen and oxygen atoms in total. The summed E-state index contributed by atoms with van der Waals surface area (Å²) >= 11 is 0. The van der Waals surface area contributed by atoms with Crippen molar-refractivity contribution >= 4 is 30.3 Å². The Morgan fingerprint density at radius 2 is 1.24 bits per heavy atom. The van der Waals surface area contributed by atoms with E-state index in [2.05, 4.69) is 10.2 Å². The molecule has 3 aromatic carbocycles. The third kappa shape index (κ3) is 11.0. The second-order valence-electron chi connectivity index (χ2n) is 7.86. The first kappa shape index (κ1) is 34.6. The number of aliphatic carboxylic acids is 2. The van der Waals surface area contributed by atoms with Crippen molar-refractivity contribution in [3.05, 3.63) is 94.5 Å². The van der Waals surface area contributed by atoms with E-state index < -0.39 is 30.2 Å². The van der Waals surface area contributed by atoms with Crippen LogP contribution in [0.3, 0.4) is 0 Å². The van der Waals surface area contributed by atoms with E-state index in [1.165, 1.54) is 6.21 Å². The number of rotatable bonds is 6. The van der Waals surface area contributed by atoms with Crippen LogP contribution >= 0.6 is 0 Å². The van der Waals surface area contributed by atoms with Gasteiger partial charge in [0.25, 0.3) is 0 Å². The first-order valence-electron chi connectivity index (χ1n) is 11.2. The van der Waals surface area contributed by atoms with E-state index in [0.717, 1.165) is 33.4 Å². The van der Waals surface area contributed by atoms with Gasteiger partial charge in [-0.3, -0.25) is 4.79 Å². The second kappa shape index (κ2) is 15.4. The summed E-state index contributed by atoms with van der Waals surface area (Å²) in [5.74, 6) is 4.56. The minimum Gasteiger partial charge on any atom is -0.475 e. The van der Waals surface area contributed by atoms with Gasteiger partial charge in [-0.25, -0.2) is 9.59 Å². The van der Waals surface area contributed by atoms with Gasteiger partial charge >= 0.3 is 24.3 Å². The number of carbonyl (C=O) groups excluding carboxylic acids is 1. The van der Waals surface area contributed by atoms with Crippen LogP contribution in [0.5, 0.6) is 0 Å². The highest BCUT2D eigenvalue weighted by atomic mass is 19.4. The summed E-state index contributed by atoms with van der Waals surface area (Å²) in [6.45, 7) is 0. The number of halogens is 6. The fraction of sp³-hybridized carbons (Fsp3) is 0.115. The molecule has 0 bridgehead atoms. The average Bonchev–Trinajstić information content (AvgIpc) is 2.90. The number of hydrogen-bond donors (Lipinski definition) is 5. The SMILES string of the molecule is NN=Cc1ccc(-c2ccccc2Cc2c(C=NN)cccc2C(N)=O)cc1.O=C(O)C(F)(F)F.O=C(O)C(F)(F)F. The Kier molecular flexibility index (Phi) is 12.7. The van der Waals surface area contributed by atoms with Crippen LogP contribution < -0.4 is 17.4 Å². The first-order chi connectivity index (χ1) is 19.5. The lowest BCUT2D eigenvalue weighted by Gasteiger charge is -2.14. The van der Waals surface area contributed by atoms with Crippen molar-refractivity contribution in [2.45, 2.75) is 18.8 Å². The molecule has 0 atom stereocenters. The van der Waals surface area contributed by atoms with Gasteiger partial charge in [-0.05, 0) is 45.9 Å². The lowest BCUT2D eigenvalue weighted by molar-refractivity contribution is -0.193. The van der Waals surface area contributed by atoms with Gasteiger partial charge in [-0.2, -0.15) is 36.5 Å². The predicted molar refractivity (Wildman–Crippen MR) is 141 cm³/mol. The smallest absolute Gasteiger partial charge is 0.475 e. The molecule has 0 aromatic heterocycles. The Balaban J connectivity index is 0.000000522. The highest BCUT2D eigenvalue weighted by Crippen LogP contribution is 2.28. The zero-order valence-electron chi connectivity index (χ0n) is 21.2. The number of carboxylic acids is 2. The van der Waals surface area contributed by atoms with E-state index in [4.69, 9.17) is 37.2 Å². The fourth-order valence-corrected chi connectivity index (χ4v) is 3.22. The maximum atomic E-state index is 11.9. The number of nitrogens with zero attached hydrogens (tertiary/aromatic N) is 2. The van der Waals surface area contributed by atoms with E-state index in [0.29, 0.717) is 12.0 Å². The van der Waals surface area contributed by atoms with Crippen molar-refractivity contribution in [2.75, 3.05) is 0 Å². The van der Waals surface area contributed by atoms with Crippen LogP contribution in [0.15, 0.2) is 76.9 Å². The largest absolute Gasteiger partial charge is 0.490 e. The lowest BCUT2D eigenvalue weighted by atomic mass is 9.90. The van der Waals surface area contributed by atoms with Crippen molar-refractivity contribution in [1.82, 2.24) is 0 Å². The number of nitrogens with two attached hydrogens (primary N) is 3. The van der Waals surface area contributed by atoms with Crippen LogP contribution in [0.4, 0.5) is 26.3 Å². The van der Waals surface area contributed by atoms with Crippen molar-refractivity contribution < 1.29 is 50.9 Å². The molecular formula is C26H23F6N5O5. The summed E-state index contributed by atoms with van der Waals surface area (Å²) in [6, 6.07) is 21.3. The van der Waals surface area contributed by atoms with Gasteiger partial charge in [-0.1, -0.05) is 60.7 Å². The van der Waals surface area contributed by atoms with Crippen molar-refractivity contribution in [3.63, 3.8) is 0 Å². The highest BCUT2D eigenvalue weighted by molar-refractivity contribution is 5.97. The third-order valence-corrected chi connectivity index (χ3v) is 5.01. The molecule has 0 fully saturated rings. The molecule has 3 rings (SSSR count). The Morgan fingerprint density at radius 3 is 1.69 bits per heavy atom. The third-order valence-electron chi connectivity index (χ3n) is 5.01. The zero-order chi connectivity index (χ0) is 32.1. The summed E-state index contributed by atoms with van der Waals surface area (Å²) in [6.07, 6.45) is -6.52. The van der Waals surface area contributed by atoms with Crippen LogP contribution in [0.1, 0.15) is 32.6 Å². The molecule has 42 heavy (non-hydrogen) atoms. The molecule has 0 aliphatic carbocycles. The second-order valence-corrected chi connectivity index (χ2v) is 7.86. The number of primary amides is 1. The molecule has 0 saturated heterocycles. The van der Waals surface area contributed by atoms with Crippen molar-refractivity contribution in [1.29, 1.82) is 0 Å². The van der Waals surface area contributed by atoms with Gasteiger partial charge in [0.2, 0.25) is 5.91 Å². The van der Waals surface area contributed by atoms with Crippen molar-refractivity contribution in [2.24, 2.45) is 27.6 Å². The number of alkyl halides is 6. The molecule has 16 heteroatoms. The fourth-order valence-electron chi connectivity index (χ4n) is 3.22. The number of hydrazone groups is 2. The predicted octanol–water partition coefficient (Wildman–Crippen LogP) is 3.90. The minimum absolute atomic E-state index is 0.460. The van der Waals surface area contributed by atoms with E-state index in [9.17, 15) is 31.1 Å². The number of hydrogen-bond acceptors (Lipinski definition) is 7. The molecule has 0 heterocycles. The Bertz CT molecular complexity index is 1410. The normalized spacial score (nSPS) is 11.3. The molecular weight excluding hydrogens is 576 g/mol. The van der Waals surface area contributed by atoms with Crippen molar-refractivity contribution in [3.8, 4) is 11.1 Å². The maximum absolute atomic E-state index is 11.9. The van der Waals surface area contributed by atoms with Gasteiger partial charge in [0.05, 0.1) is 12.4 Å². The van der Waals surface area contributed by atoms with Crippen LogP contribution in [0.2, 0.25) is 0 Å². The molecule has 0 aliphatic heterocycles. The summed E-state index contributed by atoms with van der Waals surface area (Å²) in [5, 5.41) is 21.4. The van der Waals surface area contributed by atoms with Crippen LogP contribution in [-0.2, 0) is 16.0 Å². The number of amides is 1. The number of carboxylic acid groups (broad SMARTS) is 2. The summed E-state index contributed by atoms with van der Waals surface area (Å²) in [5.41, 5.74) is 11.7. The van der Waals surface area contributed by atoms with Gasteiger partial charge in [0.1, 0.15) is 0 Å². The van der Waals surface area contributed by atoms with E-state index in [-0.39, 0.29) is 0 Å². The van der Waals surface area contributed by atoms with Gasteiger partial charge in [0, 0.05) is 5.56 Å². The molecule has 0 radical (unpaired) electrons. The first-order valence-corrected chi connectivity index (χ1v) is 11.2. The Morgan fingerprint density at radius 1 is 0.738 bits per heavy atom. The highest BCUT2D eigenvalue weighted by Gasteiger charge is 2.38. The van der Waals surface area contributed by atoms with Gasteiger partial charge < -0.3 is 27.6 Å². The van der Waals surface area contributed by atoms with E-state index in [1.54, 1.807) is 18.3 Å². The maximum Gasteiger partial charge on any atom is 0.490 e. The molecule has 0 aliphatic rings. The Labute approximate surface area is 233 Å². The average molecular weight is 599 g/mol. The van der Waals surface area contributed by atoms with Gasteiger partial charge in [0.15, 0.2) is 0 Å². The lowest BCUT2D eigenvalue weighted by Crippen LogP contribution is -2.21. The van der Waals surface area contributed by atoms with Crippen LogP contribution in [0, 0.1) is 0 Å². The molecule has 0 saturated carbocycles. The topological polar surface area (TPSA) is 194 Å². The Hall–Kier alpha value is -5.41. The molecule has 3 aromatic rings. The molecule has 1 amide bonds. The molecule has 8 N–H and O–H groups in total. The molecule has 0 unspecified atom stereocenters.